The number of rotatable bonds is 4. The van der Waals surface area contributed by atoms with Gasteiger partial charge in [-0.25, -0.2) is 0 Å². The predicted octanol–water partition coefficient (Wildman–Crippen LogP) is 2.55. The van der Waals surface area contributed by atoms with Crippen LogP contribution in [0.5, 0.6) is 0 Å². The second kappa shape index (κ2) is 6.13. The Kier molecular flexibility index (Phi) is 4.04. The molecule has 2 aromatic rings. The zero-order chi connectivity index (χ0) is 15.5. The monoisotopic (exact) mass is 297 g/mol. The minimum Gasteiger partial charge on any atom is -0.359 e. The van der Waals surface area contributed by atoms with Crippen LogP contribution >= 0.6 is 0 Å². The summed E-state index contributed by atoms with van der Waals surface area (Å²) in [5.41, 5.74) is 4.34. The fourth-order valence-electron chi connectivity index (χ4n) is 2.78. The Bertz CT molecular complexity index is 745. The zero-order valence-corrected chi connectivity index (χ0v) is 12.6. The van der Waals surface area contributed by atoms with E-state index in [0.29, 0.717) is 25.9 Å². The standard InChI is InChI=1S/C17H19N3O2/c1-12(21)4-5-16(22)20-9-6-13(7-10-20)14-11-19-15-3-2-8-18-17(14)15/h2-3,6,8,11,19H,4-5,7,9-10H2,1H3. The number of carbonyl (C=O) groups excluding carboxylic acids is 2. The quantitative estimate of drug-likeness (QED) is 0.943. The summed E-state index contributed by atoms with van der Waals surface area (Å²) in [5.74, 6) is 0.119. The molecule has 1 N–H and O–H groups in total. The van der Waals surface area contributed by atoms with Gasteiger partial charge >= 0.3 is 0 Å². The summed E-state index contributed by atoms with van der Waals surface area (Å²) in [5, 5.41) is 0. The van der Waals surface area contributed by atoms with E-state index < -0.39 is 0 Å². The van der Waals surface area contributed by atoms with Crippen molar-refractivity contribution < 1.29 is 9.59 Å². The number of aromatic nitrogens is 2. The summed E-state index contributed by atoms with van der Waals surface area (Å²) in [4.78, 5) is 32.5. The lowest BCUT2D eigenvalue weighted by Crippen LogP contribution is -2.34. The van der Waals surface area contributed by atoms with Crippen LogP contribution in [0.25, 0.3) is 16.6 Å². The first-order chi connectivity index (χ1) is 10.6. The van der Waals surface area contributed by atoms with Crippen LogP contribution in [0.15, 0.2) is 30.6 Å². The highest BCUT2D eigenvalue weighted by atomic mass is 16.2. The van der Waals surface area contributed by atoms with E-state index in [2.05, 4.69) is 16.0 Å². The van der Waals surface area contributed by atoms with Gasteiger partial charge in [-0.2, -0.15) is 0 Å². The maximum Gasteiger partial charge on any atom is 0.223 e. The number of Topliss-reactive ketones (excluding diaryl/α,β-unsaturated/α-hetero) is 1. The number of ketones is 1. The van der Waals surface area contributed by atoms with Gasteiger partial charge in [0.1, 0.15) is 5.78 Å². The lowest BCUT2D eigenvalue weighted by molar-refractivity contribution is -0.132. The summed E-state index contributed by atoms with van der Waals surface area (Å²) in [6.07, 6.45) is 7.32. The predicted molar refractivity (Wildman–Crippen MR) is 85.2 cm³/mol. The van der Waals surface area contributed by atoms with E-state index in [1.807, 2.05) is 23.2 Å². The van der Waals surface area contributed by atoms with Crippen molar-refractivity contribution in [2.24, 2.45) is 0 Å². The number of fused-ring (bicyclic) bond motifs is 1. The molecular formula is C17H19N3O2. The number of pyridine rings is 1. The van der Waals surface area contributed by atoms with Gasteiger partial charge < -0.3 is 14.7 Å². The van der Waals surface area contributed by atoms with Gasteiger partial charge in [0, 0.05) is 43.9 Å². The minimum atomic E-state index is 0.0579. The summed E-state index contributed by atoms with van der Waals surface area (Å²) >= 11 is 0. The van der Waals surface area contributed by atoms with Crippen molar-refractivity contribution >= 4 is 28.3 Å². The van der Waals surface area contributed by atoms with E-state index in [0.717, 1.165) is 23.0 Å². The van der Waals surface area contributed by atoms with E-state index >= 15 is 0 Å². The maximum absolute atomic E-state index is 12.0. The number of carbonyl (C=O) groups is 2. The first-order valence-electron chi connectivity index (χ1n) is 7.54. The average molecular weight is 297 g/mol. The molecule has 3 rings (SSSR count). The van der Waals surface area contributed by atoms with Crippen LogP contribution in [0.4, 0.5) is 0 Å². The van der Waals surface area contributed by atoms with Gasteiger partial charge in [-0.3, -0.25) is 9.78 Å². The summed E-state index contributed by atoms with van der Waals surface area (Å²) in [6, 6.07) is 3.92. The van der Waals surface area contributed by atoms with Crippen LogP contribution in [0.2, 0.25) is 0 Å². The summed E-state index contributed by atoms with van der Waals surface area (Å²) in [7, 11) is 0. The van der Waals surface area contributed by atoms with Crippen LogP contribution in [0.3, 0.4) is 0 Å². The highest BCUT2D eigenvalue weighted by Crippen LogP contribution is 2.27. The molecule has 3 heterocycles. The van der Waals surface area contributed by atoms with Gasteiger partial charge in [0.2, 0.25) is 5.91 Å². The van der Waals surface area contributed by atoms with Gasteiger partial charge in [0.25, 0.3) is 0 Å². The third-order valence-corrected chi connectivity index (χ3v) is 4.03. The van der Waals surface area contributed by atoms with E-state index in [4.69, 9.17) is 0 Å². The number of nitrogens with one attached hydrogen (secondary N) is 1. The van der Waals surface area contributed by atoms with Crippen LogP contribution in [0, 0.1) is 0 Å². The second-order valence-electron chi connectivity index (χ2n) is 5.62. The molecule has 0 fully saturated rings. The van der Waals surface area contributed by atoms with Crippen LogP contribution in [-0.4, -0.2) is 39.6 Å². The van der Waals surface area contributed by atoms with E-state index in [1.54, 1.807) is 6.20 Å². The van der Waals surface area contributed by atoms with Gasteiger partial charge in [0.15, 0.2) is 0 Å². The highest BCUT2D eigenvalue weighted by molar-refractivity contribution is 5.90. The Balaban J connectivity index is 1.71. The molecule has 1 amide bonds. The van der Waals surface area contributed by atoms with Crippen molar-refractivity contribution in [3.05, 3.63) is 36.2 Å². The van der Waals surface area contributed by atoms with E-state index in [1.165, 1.54) is 12.5 Å². The fourth-order valence-corrected chi connectivity index (χ4v) is 2.78. The Morgan fingerprint density at radius 3 is 2.95 bits per heavy atom. The first kappa shape index (κ1) is 14.5. The van der Waals surface area contributed by atoms with Crippen molar-refractivity contribution in [2.75, 3.05) is 13.1 Å². The molecule has 0 unspecified atom stereocenters. The van der Waals surface area contributed by atoms with Crippen molar-refractivity contribution in [3.8, 4) is 0 Å². The minimum absolute atomic E-state index is 0.0579. The van der Waals surface area contributed by atoms with Crippen LogP contribution in [-0.2, 0) is 9.59 Å². The number of hydrogen-bond acceptors (Lipinski definition) is 3. The molecule has 0 aromatic carbocycles. The molecule has 0 spiro atoms. The van der Waals surface area contributed by atoms with Crippen LogP contribution in [0.1, 0.15) is 31.7 Å². The molecule has 1 aliphatic heterocycles. The molecule has 0 atom stereocenters. The fraction of sp³-hybridized carbons (Fsp3) is 0.353. The molecule has 0 bridgehead atoms. The Morgan fingerprint density at radius 1 is 1.36 bits per heavy atom. The normalized spacial score (nSPS) is 15.0. The zero-order valence-electron chi connectivity index (χ0n) is 12.6. The SMILES string of the molecule is CC(=O)CCC(=O)N1CC=C(c2c[nH]c3cccnc23)CC1. The van der Waals surface area contributed by atoms with E-state index in [9.17, 15) is 9.59 Å². The van der Waals surface area contributed by atoms with Crippen LogP contribution < -0.4 is 0 Å². The molecule has 0 saturated heterocycles. The maximum atomic E-state index is 12.0. The molecule has 2 aromatic heterocycles. The van der Waals surface area contributed by atoms with Crippen molar-refractivity contribution in [1.82, 2.24) is 14.9 Å². The third kappa shape index (κ3) is 2.93. The number of aromatic amines is 1. The second-order valence-corrected chi connectivity index (χ2v) is 5.62. The van der Waals surface area contributed by atoms with Gasteiger partial charge in [-0.15, -0.1) is 0 Å². The molecule has 0 saturated carbocycles. The Labute approximate surface area is 129 Å². The lowest BCUT2D eigenvalue weighted by atomic mass is 10.0. The third-order valence-electron chi connectivity index (χ3n) is 4.03. The average Bonchev–Trinajstić information content (AvgIpc) is 2.97. The molecular weight excluding hydrogens is 278 g/mol. The molecule has 1 aliphatic rings. The smallest absolute Gasteiger partial charge is 0.223 e. The molecule has 5 heteroatoms. The van der Waals surface area contributed by atoms with Crippen molar-refractivity contribution in [3.63, 3.8) is 0 Å². The molecule has 114 valence electrons. The molecule has 0 aliphatic carbocycles. The van der Waals surface area contributed by atoms with Crippen molar-refractivity contribution in [1.29, 1.82) is 0 Å². The number of hydrogen-bond donors (Lipinski definition) is 1. The first-order valence-corrected chi connectivity index (χ1v) is 7.54. The topological polar surface area (TPSA) is 66.1 Å². The van der Waals surface area contributed by atoms with E-state index in [-0.39, 0.29) is 11.7 Å². The lowest BCUT2D eigenvalue weighted by Gasteiger charge is -2.26. The van der Waals surface area contributed by atoms with Gasteiger partial charge in [-0.1, -0.05) is 6.08 Å². The summed E-state index contributed by atoms with van der Waals surface area (Å²) in [6.45, 7) is 2.82. The number of amides is 1. The Hall–Kier alpha value is -2.43. The Morgan fingerprint density at radius 2 is 2.23 bits per heavy atom. The highest BCUT2D eigenvalue weighted by Gasteiger charge is 2.19. The largest absolute Gasteiger partial charge is 0.359 e. The summed E-state index contributed by atoms with van der Waals surface area (Å²) < 4.78 is 0. The molecule has 5 nitrogen and oxygen atoms in total. The van der Waals surface area contributed by atoms with Gasteiger partial charge in [0.05, 0.1) is 11.0 Å². The van der Waals surface area contributed by atoms with Gasteiger partial charge in [-0.05, 0) is 31.1 Å². The number of nitrogens with zero attached hydrogens (tertiary/aromatic N) is 2. The molecule has 0 radical (unpaired) electrons. The van der Waals surface area contributed by atoms with Crippen molar-refractivity contribution in [2.45, 2.75) is 26.2 Å². The molecule has 22 heavy (non-hydrogen) atoms. The number of H-pyrrole nitrogens is 1.